The van der Waals surface area contributed by atoms with Crippen molar-refractivity contribution in [3.05, 3.63) is 35.4 Å². The van der Waals surface area contributed by atoms with Crippen LogP contribution in [0.25, 0.3) is 0 Å². The molecular formula is C14H17NO3. The van der Waals surface area contributed by atoms with Gasteiger partial charge >= 0.3 is 5.97 Å². The van der Waals surface area contributed by atoms with Crippen LogP contribution in [0.1, 0.15) is 36.3 Å². The molecule has 1 amide bonds. The summed E-state index contributed by atoms with van der Waals surface area (Å²) in [5.74, 6) is -0.737. The van der Waals surface area contributed by atoms with E-state index in [4.69, 9.17) is 5.11 Å². The Kier molecular flexibility index (Phi) is 3.97. The van der Waals surface area contributed by atoms with Crippen molar-refractivity contribution < 1.29 is 14.7 Å². The van der Waals surface area contributed by atoms with E-state index < -0.39 is 5.97 Å². The molecule has 0 spiro atoms. The lowest BCUT2D eigenvalue weighted by atomic mass is 9.77. The maximum atomic E-state index is 11.9. The Hall–Kier alpha value is -1.84. The number of amides is 1. The molecule has 2 rings (SSSR count). The van der Waals surface area contributed by atoms with E-state index in [9.17, 15) is 9.59 Å². The molecule has 1 aromatic carbocycles. The van der Waals surface area contributed by atoms with Crippen LogP contribution in [0.2, 0.25) is 0 Å². The molecule has 0 radical (unpaired) electrons. The highest BCUT2D eigenvalue weighted by molar-refractivity contribution is 5.86. The molecule has 0 heterocycles. The minimum Gasteiger partial charge on any atom is -0.481 e. The Morgan fingerprint density at radius 3 is 2.78 bits per heavy atom. The number of aliphatic carboxylic acids is 1. The van der Waals surface area contributed by atoms with Crippen LogP contribution in [-0.4, -0.2) is 23.5 Å². The first-order valence-electron chi connectivity index (χ1n) is 6.26. The number of fused-ring (bicyclic) bond motifs is 1. The van der Waals surface area contributed by atoms with Gasteiger partial charge in [0.15, 0.2) is 0 Å². The smallest absolute Gasteiger partial charge is 0.303 e. The van der Waals surface area contributed by atoms with Crippen LogP contribution in [0.4, 0.5) is 0 Å². The van der Waals surface area contributed by atoms with Crippen molar-refractivity contribution in [1.82, 2.24) is 5.32 Å². The second-order valence-corrected chi connectivity index (χ2v) is 4.60. The predicted octanol–water partition coefficient (Wildman–Crippen LogP) is 1.70. The predicted molar refractivity (Wildman–Crippen MR) is 67.4 cm³/mol. The van der Waals surface area contributed by atoms with Crippen molar-refractivity contribution in [2.75, 3.05) is 6.54 Å². The molecule has 1 aliphatic carbocycles. The standard InChI is InChI=1S/C14H17NO3/c16-13(17)7-3-4-8-15-14(18)12-9-10-5-1-2-6-11(10)12/h1-2,5-6,12H,3-4,7-9H2,(H,15,18)(H,16,17). The summed E-state index contributed by atoms with van der Waals surface area (Å²) in [6, 6.07) is 7.98. The van der Waals surface area contributed by atoms with E-state index in [1.54, 1.807) is 0 Å². The Bertz CT molecular complexity index is 456. The molecule has 0 bridgehead atoms. The van der Waals surface area contributed by atoms with Crippen molar-refractivity contribution in [3.8, 4) is 0 Å². The van der Waals surface area contributed by atoms with Gasteiger partial charge < -0.3 is 10.4 Å². The number of carbonyl (C=O) groups excluding carboxylic acids is 1. The summed E-state index contributed by atoms with van der Waals surface area (Å²) in [7, 11) is 0. The van der Waals surface area contributed by atoms with Gasteiger partial charge in [0.25, 0.3) is 0 Å². The lowest BCUT2D eigenvalue weighted by Crippen LogP contribution is -2.35. The monoisotopic (exact) mass is 247 g/mol. The van der Waals surface area contributed by atoms with Crippen LogP contribution >= 0.6 is 0 Å². The molecule has 96 valence electrons. The summed E-state index contributed by atoms with van der Waals surface area (Å²) >= 11 is 0. The molecule has 1 unspecified atom stereocenters. The van der Waals surface area contributed by atoms with Gasteiger partial charge in [-0.15, -0.1) is 0 Å². The van der Waals surface area contributed by atoms with E-state index in [-0.39, 0.29) is 18.2 Å². The fourth-order valence-electron chi connectivity index (χ4n) is 2.23. The Morgan fingerprint density at radius 2 is 2.06 bits per heavy atom. The van der Waals surface area contributed by atoms with Crippen LogP contribution in [0, 0.1) is 0 Å². The summed E-state index contributed by atoms with van der Waals surface area (Å²) in [5.41, 5.74) is 2.38. The number of benzene rings is 1. The number of hydrogen-bond donors (Lipinski definition) is 2. The Morgan fingerprint density at radius 1 is 1.28 bits per heavy atom. The number of carbonyl (C=O) groups is 2. The largest absolute Gasteiger partial charge is 0.481 e. The number of unbranched alkanes of at least 4 members (excludes halogenated alkanes) is 1. The molecule has 18 heavy (non-hydrogen) atoms. The first-order chi connectivity index (χ1) is 8.68. The van der Waals surface area contributed by atoms with Crippen LogP contribution in [0.15, 0.2) is 24.3 Å². The van der Waals surface area contributed by atoms with E-state index in [0.717, 1.165) is 12.0 Å². The maximum Gasteiger partial charge on any atom is 0.303 e. The average molecular weight is 247 g/mol. The van der Waals surface area contributed by atoms with Gasteiger partial charge in [0.05, 0.1) is 5.92 Å². The van der Waals surface area contributed by atoms with Gasteiger partial charge in [0.2, 0.25) is 5.91 Å². The summed E-state index contributed by atoms with van der Waals surface area (Å²) in [5, 5.41) is 11.3. The zero-order valence-corrected chi connectivity index (χ0v) is 10.2. The molecule has 4 nitrogen and oxygen atoms in total. The first-order valence-corrected chi connectivity index (χ1v) is 6.26. The van der Waals surface area contributed by atoms with Crippen molar-refractivity contribution in [2.45, 2.75) is 31.6 Å². The third kappa shape index (κ3) is 2.88. The number of carboxylic acid groups (broad SMARTS) is 1. The number of nitrogens with one attached hydrogen (secondary N) is 1. The van der Waals surface area contributed by atoms with Gasteiger partial charge in [0.1, 0.15) is 0 Å². The zero-order valence-electron chi connectivity index (χ0n) is 10.2. The minimum absolute atomic E-state index is 0.0133. The van der Waals surface area contributed by atoms with Crippen LogP contribution in [0.3, 0.4) is 0 Å². The molecule has 0 saturated heterocycles. The highest BCUT2D eigenvalue weighted by Crippen LogP contribution is 2.34. The van der Waals surface area contributed by atoms with Gasteiger partial charge in [-0.1, -0.05) is 24.3 Å². The quantitative estimate of drug-likeness (QED) is 0.752. The van der Waals surface area contributed by atoms with E-state index in [2.05, 4.69) is 5.32 Å². The Labute approximate surface area is 106 Å². The van der Waals surface area contributed by atoms with Crippen LogP contribution < -0.4 is 5.32 Å². The van der Waals surface area contributed by atoms with Gasteiger partial charge in [-0.2, -0.15) is 0 Å². The highest BCUT2D eigenvalue weighted by Gasteiger charge is 2.31. The van der Waals surface area contributed by atoms with Crippen LogP contribution in [-0.2, 0) is 16.0 Å². The third-order valence-electron chi connectivity index (χ3n) is 3.29. The number of rotatable bonds is 6. The average Bonchev–Trinajstić information content (AvgIpc) is 2.30. The highest BCUT2D eigenvalue weighted by atomic mass is 16.4. The molecule has 2 N–H and O–H groups in total. The second kappa shape index (κ2) is 5.67. The molecule has 0 saturated carbocycles. The molecule has 1 aromatic rings. The van der Waals surface area contributed by atoms with E-state index in [1.165, 1.54) is 5.56 Å². The summed E-state index contributed by atoms with van der Waals surface area (Å²) in [6.45, 7) is 0.560. The van der Waals surface area contributed by atoms with Crippen LogP contribution in [0.5, 0.6) is 0 Å². The summed E-state index contributed by atoms with van der Waals surface area (Å²) < 4.78 is 0. The van der Waals surface area contributed by atoms with E-state index in [0.29, 0.717) is 19.4 Å². The topological polar surface area (TPSA) is 66.4 Å². The minimum atomic E-state index is -0.783. The zero-order chi connectivity index (χ0) is 13.0. The number of hydrogen-bond acceptors (Lipinski definition) is 2. The SMILES string of the molecule is O=C(O)CCCCNC(=O)C1Cc2ccccc21. The van der Waals surface area contributed by atoms with Crippen molar-refractivity contribution >= 4 is 11.9 Å². The lowest BCUT2D eigenvalue weighted by molar-refractivity contribution is -0.137. The molecule has 0 fully saturated rings. The third-order valence-corrected chi connectivity index (χ3v) is 3.29. The molecular weight excluding hydrogens is 230 g/mol. The van der Waals surface area contributed by atoms with Crippen molar-refractivity contribution in [3.63, 3.8) is 0 Å². The van der Waals surface area contributed by atoms with Crippen molar-refractivity contribution in [1.29, 1.82) is 0 Å². The summed E-state index contributed by atoms with van der Waals surface area (Å²) in [4.78, 5) is 22.2. The second-order valence-electron chi connectivity index (χ2n) is 4.60. The molecule has 1 atom stereocenters. The van der Waals surface area contributed by atoms with Gasteiger partial charge in [-0.05, 0) is 30.4 Å². The van der Waals surface area contributed by atoms with E-state index in [1.807, 2.05) is 24.3 Å². The lowest BCUT2D eigenvalue weighted by Gasteiger charge is -2.28. The molecule has 0 aromatic heterocycles. The van der Waals surface area contributed by atoms with Gasteiger partial charge in [0, 0.05) is 13.0 Å². The molecule has 0 aliphatic heterocycles. The summed E-state index contributed by atoms with van der Waals surface area (Å²) in [6.07, 6.45) is 2.31. The van der Waals surface area contributed by atoms with Crippen molar-refractivity contribution in [2.24, 2.45) is 0 Å². The fraction of sp³-hybridized carbons (Fsp3) is 0.429. The van der Waals surface area contributed by atoms with E-state index >= 15 is 0 Å². The fourth-order valence-corrected chi connectivity index (χ4v) is 2.23. The molecule has 1 aliphatic rings. The number of carboxylic acids is 1. The normalized spacial score (nSPS) is 16.6. The van der Waals surface area contributed by atoms with Gasteiger partial charge in [-0.3, -0.25) is 9.59 Å². The molecule has 4 heteroatoms. The first kappa shape index (κ1) is 12.6. The van der Waals surface area contributed by atoms with Gasteiger partial charge in [-0.25, -0.2) is 0 Å². The Balaban J connectivity index is 1.70. The maximum absolute atomic E-state index is 11.9.